The molecule has 0 aliphatic rings. The molecule has 0 aliphatic carbocycles. The lowest BCUT2D eigenvalue weighted by Gasteiger charge is -2.23. The smallest absolute Gasteiger partial charge is 0.152 e. The fourth-order valence-corrected chi connectivity index (χ4v) is 6.39. The lowest BCUT2D eigenvalue weighted by Crippen LogP contribution is -2.35. The molecule has 0 aliphatic heterocycles. The third-order valence-corrected chi connectivity index (χ3v) is 9.04. The number of hydrogen-bond acceptors (Lipinski definition) is 4. The molecule has 6 heteroatoms. The normalized spacial score (nSPS) is 13.3. The van der Waals surface area contributed by atoms with Crippen molar-refractivity contribution in [1.29, 1.82) is 0 Å². The molecular formula is C31H66NO4S+. The minimum atomic E-state index is -3.09. The summed E-state index contributed by atoms with van der Waals surface area (Å²) in [7, 11) is 5.07. The highest BCUT2D eigenvalue weighted by Gasteiger charge is 2.19. The maximum absolute atomic E-state index is 12.4. The second kappa shape index (κ2) is 24.8. The van der Waals surface area contributed by atoms with Gasteiger partial charge in [-0.1, -0.05) is 110 Å². The number of unbranched alkanes of at least 4 members (excludes halogenated alkanes) is 18. The fraction of sp³-hybridized carbons (Fsp3) is 1.00. The monoisotopic (exact) mass is 548 g/mol. The van der Waals surface area contributed by atoms with Gasteiger partial charge in [0, 0.05) is 13.7 Å². The molecule has 0 saturated heterocycles. The number of sulfone groups is 1. The predicted molar refractivity (Wildman–Crippen MR) is 161 cm³/mol. The zero-order chi connectivity index (χ0) is 27.7. The molecule has 0 amide bonds. The Kier molecular flexibility index (Phi) is 24.7. The zero-order valence-corrected chi connectivity index (χ0v) is 26.6. The topological polar surface area (TPSA) is 52.6 Å². The molecular weight excluding hydrogens is 482 g/mol. The average molecular weight is 549 g/mol. The van der Waals surface area contributed by atoms with E-state index in [1.165, 1.54) is 96.3 Å². The van der Waals surface area contributed by atoms with Crippen LogP contribution in [0.3, 0.4) is 0 Å². The van der Waals surface area contributed by atoms with Crippen LogP contribution in [0.25, 0.3) is 0 Å². The first kappa shape index (κ1) is 36.8. The van der Waals surface area contributed by atoms with E-state index in [1.54, 1.807) is 7.11 Å². The summed E-state index contributed by atoms with van der Waals surface area (Å²) in [4.78, 5) is 0. The number of rotatable bonds is 29. The number of quaternary nitrogens is 1. The third-order valence-electron chi connectivity index (χ3n) is 7.25. The highest BCUT2D eigenvalue weighted by Crippen LogP contribution is 2.14. The molecule has 0 aromatic carbocycles. The van der Waals surface area contributed by atoms with E-state index in [9.17, 15) is 8.42 Å². The largest absolute Gasteiger partial charge is 0.379 e. The molecule has 1 unspecified atom stereocenters. The van der Waals surface area contributed by atoms with E-state index in [0.717, 1.165) is 43.1 Å². The molecule has 37 heavy (non-hydrogen) atoms. The Bertz CT molecular complexity index is 574. The Hall–Kier alpha value is -0.170. The van der Waals surface area contributed by atoms with Gasteiger partial charge in [0.15, 0.2) is 9.84 Å². The van der Waals surface area contributed by atoms with Gasteiger partial charge in [-0.25, -0.2) is 8.42 Å². The van der Waals surface area contributed by atoms with Crippen molar-refractivity contribution in [2.75, 3.05) is 59.5 Å². The maximum atomic E-state index is 12.4. The first-order valence-corrected chi connectivity index (χ1v) is 17.6. The molecule has 0 rings (SSSR count). The van der Waals surface area contributed by atoms with Gasteiger partial charge in [0.2, 0.25) is 0 Å². The van der Waals surface area contributed by atoms with Crippen LogP contribution in [0.1, 0.15) is 135 Å². The van der Waals surface area contributed by atoms with E-state index in [1.807, 2.05) is 0 Å². The van der Waals surface area contributed by atoms with Crippen LogP contribution >= 0.6 is 0 Å². The van der Waals surface area contributed by atoms with Crippen LogP contribution in [0.15, 0.2) is 0 Å². The van der Waals surface area contributed by atoms with Gasteiger partial charge in [0.1, 0.15) is 0 Å². The van der Waals surface area contributed by atoms with Gasteiger partial charge < -0.3 is 14.0 Å². The van der Waals surface area contributed by atoms with Crippen molar-refractivity contribution in [3.63, 3.8) is 0 Å². The second-order valence-corrected chi connectivity index (χ2v) is 14.5. The lowest BCUT2D eigenvalue weighted by molar-refractivity contribution is -0.870. The molecule has 0 fully saturated rings. The van der Waals surface area contributed by atoms with Crippen molar-refractivity contribution in [1.82, 2.24) is 0 Å². The minimum absolute atomic E-state index is 0.0708. The van der Waals surface area contributed by atoms with E-state index < -0.39 is 9.84 Å². The van der Waals surface area contributed by atoms with Crippen molar-refractivity contribution in [3.05, 3.63) is 0 Å². The molecule has 0 aromatic rings. The highest BCUT2D eigenvalue weighted by atomic mass is 32.2. The van der Waals surface area contributed by atoms with Crippen LogP contribution in [0.5, 0.6) is 0 Å². The van der Waals surface area contributed by atoms with Crippen molar-refractivity contribution in [2.45, 2.75) is 141 Å². The SMILES string of the molecule is CCCCCCCCCCCCCCCCCCOCC(CS(=O)(=O)CCCCCC[N+](C)(C)C)OC. The van der Waals surface area contributed by atoms with Gasteiger partial charge in [-0.2, -0.15) is 0 Å². The van der Waals surface area contributed by atoms with Gasteiger partial charge in [-0.15, -0.1) is 0 Å². The molecule has 0 spiro atoms. The average Bonchev–Trinajstić information content (AvgIpc) is 2.84. The fourth-order valence-electron chi connectivity index (χ4n) is 4.78. The zero-order valence-electron chi connectivity index (χ0n) is 25.7. The molecule has 1 atom stereocenters. The van der Waals surface area contributed by atoms with Crippen molar-refractivity contribution < 1.29 is 22.4 Å². The third kappa shape index (κ3) is 28.7. The van der Waals surface area contributed by atoms with E-state index in [2.05, 4.69) is 28.1 Å². The Morgan fingerprint density at radius 1 is 0.622 bits per heavy atom. The van der Waals surface area contributed by atoms with Crippen LogP contribution in [0.2, 0.25) is 0 Å². The van der Waals surface area contributed by atoms with Crippen LogP contribution in [0, 0.1) is 0 Å². The summed E-state index contributed by atoms with van der Waals surface area (Å²) in [5.41, 5.74) is 0. The standard InChI is InChI=1S/C31H66NO4S/c1-6-7-8-9-10-11-12-13-14-15-16-17-18-19-21-24-27-36-29-31(35-5)30-37(33,34)28-25-22-20-23-26-32(2,3)4/h31H,6-30H2,1-5H3/q+1. The van der Waals surface area contributed by atoms with Crippen LogP contribution in [-0.4, -0.2) is 78.5 Å². The molecule has 5 nitrogen and oxygen atoms in total. The Labute approximate surface area is 233 Å². The van der Waals surface area contributed by atoms with Crippen molar-refractivity contribution in [2.24, 2.45) is 0 Å². The van der Waals surface area contributed by atoms with E-state index in [0.29, 0.717) is 13.2 Å². The number of ether oxygens (including phenoxy) is 2. The van der Waals surface area contributed by atoms with Crippen LogP contribution in [0.4, 0.5) is 0 Å². The Morgan fingerprint density at radius 2 is 1.05 bits per heavy atom. The Morgan fingerprint density at radius 3 is 1.51 bits per heavy atom. The first-order chi connectivity index (χ1) is 17.7. The minimum Gasteiger partial charge on any atom is -0.379 e. The molecule has 0 saturated carbocycles. The summed E-state index contributed by atoms with van der Waals surface area (Å²) in [6.07, 6.45) is 25.4. The molecule has 224 valence electrons. The number of hydrogen-bond donors (Lipinski definition) is 0. The molecule has 0 N–H and O–H groups in total. The van der Waals surface area contributed by atoms with Gasteiger partial charge in [-0.05, 0) is 25.7 Å². The summed E-state index contributed by atoms with van der Waals surface area (Å²) in [5.74, 6) is 0.331. The summed E-state index contributed by atoms with van der Waals surface area (Å²) in [5, 5.41) is 0. The molecule has 0 aromatic heterocycles. The summed E-state index contributed by atoms with van der Waals surface area (Å²) in [6, 6.07) is 0. The lowest BCUT2D eigenvalue weighted by atomic mass is 10.0. The summed E-state index contributed by atoms with van der Waals surface area (Å²) in [6.45, 7) is 4.49. The second-order valence-electron chi connectivity index (χ2n) is 12.3. The summed E-state index contributed by atoms with van der Waals surface area (Å²) < 4.78 is 37.0. The van der Waals surface area contributed by atoms with E-state index in [-0.39, 0.29) is 17.6 Å². The van der Waals surface area contributed by atoms with E-state index in [4.69, 9.17) is 9.47 Å². The Balaban J connectivity index is 3.54. The molecule has 0 heterocycles. The van der Waals surface area contributed by atoms with Gasteiger partial charge in [0.05, 0.1) is 51.9 Å². The summed E-state index contributed by atoms with van der Waals surface area (Å²) >= 11 is 0. The highest BCUT2D eigenvalue weighted by molar-refractivity contribution is 7.91. The van der Waals surface area contributed by atoms with Gasteiger partial charge >= 0.3 is 0 Å². The van der Waals surface area contributed by atoms with Gasteiger partial charge in [0.25, 0.3) is 0 Å². The van der Waals surface area contributed by atoms with Gasteiger partial charge in [-0.3, -0.25) is 0 Å². The number of nitrogens with zero attached hydrogens (tertiary/aromatic N) is 1. The first-order valence-electron chi connectivity index (χ1n) is 15.8. The van der Waals surface area contributed by atoms with E-state index >= 15 is 0 Å². The molecule has 0 radical (unpaired) electrons. The van der Waals surface area contributed by atoms with Crippen LogP contribution in [-0.2, 0) is 19.3 Å². The van der Waals surface area contributed by atoms with Crippen molar-refractivity contribution in [3.8, 4) is 0 Å². The predicted octanol–water partition coefficient (Wildman–Crippen LogP) is 7.96. The van der Waals surface area contributed by atoms with Crippen molar-refractivity contribution >= 4 is 9.84 Å². The quantitative estimate of drug-likeness (QED) is 0.0703. The molecule has 0 bridgehead atoms. The number of methoxy groups -OCH3 is 1. The maximum Gasteiger partial charge on any atom is 0.152 e. The van der Waals surface area contributed by atoms with Crippen LogP contribution < -0.4 is 0 Å².